The van der Waals surface area contributed by atoms with Gasteiger partial charge in [-0.05, 0) is 49.5 Å². The first-order valence-corrected chi connectivity index (χ1v) is 7.33. The van der Waals surface area contributed by atoms with Gasteiger partial charge in [-0.2, -0.15) is 0 Å². The van der Waals surface area contributed by atoms with Crippen molar-refractivity contribution in [2.24, 2.45) is 5.73 Å². The third kappa shape index (κ3) is 3.09. The SMILES string of the molecule is COc1ccc2cc(CN3CCC(N)CC3)c(=O)[nH]c2c1. The number of hydrogen-bond acceptors (Lipinski definition) is 4. The van der Waals surface area contributed by atoms with Crippen LogP contribution in [-0.4, -0.2) is 36.1 Å². The molecule has 5 heteroatoms. The molecule has 21 heavy (non-hydrogen) atoms. The van der Waals surface area contributed by atoms with Crippen LogP contribution in [0.4, 0.5) is 0 Å². The standard InChI is InChI=1S/C16H21N3O2/c1-21-14-3-2-11-8-12(16(20)18-15(11)9-14)10-19-6-4-13(17)5-7-19/h2-3,8-9,13H,4-7,10,17H2,1H3,(H,18,20). The average Bonchev–Trinajstić information content (AvgIpc) is 2.50. The predicted molar refractivity (Wildman–Crippen MR) is 83.6 cm³/mol. The van der Waals surface area contributed by atoms with E-state index in [1.165, 1.54) is 0 Å². The lowest BCUT2D eigenvalue weighted by Gasteiger charge is -2.29. The van der Waals surface area contributed by atoms with Crippen LogP contribution in [0.15, 0.2) is 29.1 Å². The number of nitrogens with one attached hydrogen (secondary N) is 1. The first kappa shape index (κ1) is 14.1. The summed E-state index contributed by atoms with van der Waals surface area (Å²) in [5.41, 5.74) is 7.51. The molecule has 1 aliphatic rings. The van der Waals surface area contributed by atoms with Crippen molar-refractivity contribution in [2.75, 3.05) is 20.2 Å². The largest absolute Gasteiger partial charge is 0.497 e. The van der Waals surface area contributed by atoms with Crippen molar-refractivity contribution in [3.63, 3.8) is 0 Å². The van der Waals surface area contributed by atoms with E-state index in [0.717, 1.165) is 48.1 Å². The van der Waals surface area contributed by atoms with E-state index in [2.05, 4.69) is 9.88 Å². The first-order valence-electron chi connectivity index (χ1n) is 7.33. The minimum absolute atomic E-state index is 0.0226. The molecular weight excluding hydrogens is 266 g/mol. The second-order valence-corrected chi connectivity index (χ2v) is 5.69. The minimum atomic E-state index is -0.0226. The molecule has 0 atom stereocenters. The zero-order valence-corrected chi connectivity index (χ0v) is 12.3. The number of piperidine rings is 1. The van der Waals surface area contributed by atoms with Crippen LogP contribution in [-0.2, 0) is 6.54 Å². The van der Waals surface area contributed by atoms with E-state index in [0.29, 0.717) is 12.6 Å². The highest BCUT2D eigenvalue weighted by Gasteiger charge is 2.17. The Morgan fingerprint density at radius 3 is 2.81 bits per heavy atom. The van der Waals surface area contributed by atoms with Crippen molar-refractivity contribution in [1.29, 1.82) is 0 Å². The smallest absolute Gasteiger partial charge is 0.252 e. The highest BCUT2D eigenvalue weighted by Crippen LogP contribution is 2.19. The van der Waals surface area contributed by atoms with Gasteiger partial charge in [-0.15, -0.1) is 0 Å². The number of aromatic amines is 1. The molecule has 2 aromatic rings. The molecule has 0 radical (unpaired) electrons. The summed E-state index contributed by atoms with van der Waals surface area (Å²) in [6.45, 7) is 2.60. The Labute approximate surface area is 123 Å². The number of benzene rings is 1. The molecule has 5 nitrogen and oxygen atoms in total. The number of H-pyrrole nitrogens is 1. The lowest BCUT2D eigenvalue weighted by Crippen LogP contribution is -2.40. The summed E-state index contributed by atoms with van der Waals surface area (Å²) in [6, 6.07) is 8.01. The zero-order chi connectivity index (χ0) is 14.8. The number of methoxy groups -OCH3 is 1. The molecule has 3 rings (SSSR count). The number of pyridine rings is 1. The lowest BCUT2D eigenvalue weighted by molar-refractivity contribution is 0.205. The number of nitrogens with zero attached hydrogens (tertiary/aromatic N) is 1. The normalized spacial score (nSPS) is 17.2. The maximum atomic E-state index is 12.2. The molecule has 1 aromatic heterocycles. The molecule has 0 saturated carbocycles. The third-order valence-corrected chi connectivity index (χ3v) is 4.16. The van der Waals surface area contributed by atoms with Gasteiger partial charge in [-0.1, -0.05) is 0 Å². The van der Waals surface area contributed by atoms with Gasteiger partial charge >= 0.3 is 0 Å². The zero-order valence-electron chi connectivity index (χ0n) is 12.3. The Balaban J connectivity index is 1.85. The highest BCUT2D eigenvalue weighted by atomic mass is 16.5. The van der Waals surface area contributed by atoms with E-state index in [1.54, 1.807) is 7.11 Å². The van der Waals surface area contributed by atoms with Gasteiger partial charge in [0, 0.05) is 24.2 Å². The van der Waals surface area contributed by atoms with E-state index in [4.69, 9.17) is 10.5 Å². The van der Waals surface area contributed by atoms with Gasteiger partial charge in [-0.25, -0.2) is 0 Å². The van der Waals surface area contributed by atoms with Crippen LogP contribution in [0.25, 0.3) is 10.9 Å². The van der Waals surface area contributed by atoms with Crippen molar-refractivity contribution in [3.05, 3.63) is 40.2 Å². The second-order valence-electron chi connectivity index (χ2n) is 5.69. The molecule has 2 heterocycles. The van der Waals surface area contributed by atoms with Crippen LogP contribution < -0.4 is 16.0 Å². The average molecular weight is 287 g/mol. The monoisotopic (exact) mass is 287 g/mol. The van der Waals surface area contributed by atoms with Gasteiger partial charge in [0.1, 0.15) is 5.75 Å². The van der Waals surface area contributed by atoms with Crippen LogP contribution in [0.2, 0.25) is 0 Å². The van der Waals surface area contributed by atoms with Gasteiger partial charge in [0.25, 0.3) is 5.56 Å². The van der Waals surface area contributed by atoms with E-state index in [-0.39, 0.29) is 5.56 Å². The summed E-state index contributed by atoms with van der Waals surface area (Å²) in [7, 11) is 1.62. The highest BCUT2D eigenvalue weighted by molar-refractivity contribution is 5.80. The number of likely N-dealkylation sites (tertiary alicyclic amines) is 1. The molecule has 0 bridgehead atoms. The Kier molecular flexibility index (Phi) is 3.94. The van der Waals surface area contributed by atoms with Crippen LogP contribution in [0, 0.1) is 0 Å². The van der Waals surface area contributed by atoms with Crippen LogP contribution in [0.1, 0.15) is 18.4 Å². The van der Waals surface area contributed by atoms with Crippen molar-refractivity contribution < 1.29 is 4.74 Å². The summed E-state index contributed by atoms with van der Waals surface area (Å²) in [5, 5.41) is 1.03. The Morgan fingerprint density at radius 1 is 1.33 bits per heavy atom. The Bertz CT molecular complexity index is 687. The third-order valence-electron chi connectivity index (χ3n) is 4.16. The van der Waals surface area contributed by atoms with Crippen LogP contribution >= 0.6 is 0 Å². The number of rotatable bonds is 3. The first-order chi connectivity index (χ1) is 10.2. The number of fused-ring (bicyclic) bond motifs is 1. The predicted octanol–water partition coefficient (Wildman–Crippen LogP) is 1.46. The number of ether oxygens (including phenoxy) is 1. The summed E-state index contributed by atoms with van der Waals surface area (Å²) in [4.78, 5) is 17.5. The molecule has 0 aliphatic carbocycles. The number of nitrogens with two attached hydrogens (primary N) is 1. The molecule has 0 unspecified atom stereocenters. The van der Waals surface area contributed by atoms with Crippen molar-refractivity contribution in [3.8, 4) is 5.75 Å². The maximum absolute atomic E-state index is 12.2. The Morgan fingerprint density at radius 2 is 2.10 bits per heavy atom. The fourth-order valence-electron chi connectivity index (χ4n) is 2.82. The van der Waals surface area contributed by atoms with Gasteiger partial charge in [-0.3, -0.25) is 9.69 Å². The van der Waals surface area contributed by atoms with Crippen molar-refractivity contribution in [2.45, 2.75) is 25.4 Å². The molecule has 1 saturated heterocycles. The fourth-order valence-corrected chi connectivity index (χ4v) is 2.82. The maximum Gasteiger partial charge on any atom is 0.252 e. The van der Waals surface area contributed by atoms with Crippen molar-refractivity contribution in [1.82, 2.24) is 9.88 Å². The van der Waals surface area contributed by atoms with Crippen molar-refractivity contribution >= 4 is 10.9 Å². The molecule has 0 spiro atoms. The van der Waals surface area contributed by atoms with E-state index >= 15 is 0 Å². The van der Waals surface area contributed by atoms with E-state index < -0.39 is 0 Å². The Hall–Kier alpha value is -1.85. The van der Waals surface area contributed by atoms with Crippen LogP contribution in [0.3, 0.4) is 0 Å². The quantitative estimate of drug-likeness (QED) is 0.896. The van der Waals surface area contributed by atoms with Gasteiger partial charge in [0.2, 0.25) is 0 Å². The summed E-state index contributed by atoms with van der Waals surface area (Å²) in [5.74, 6) is 0.746. The van der Waals surface area contributed by atoms with E-state index in [1.807, 2.05) is 24.3 Å². The van der Waals surface area contributed by atoms with Gasteiger partial charge < -0.3 is 15.5 Å². The fraction of sp³-hybridized carbons (Fsp3) is 0.438. The minimum Gasteiger partial charge on any atom is -0.497 e. The number of aromatic nitrogens is 1. The summed E-state index contributed by atoms with van der Waals surface area (Å²) in [6.07, 6.45) is 2.01. The molecule has 1 aromatic carbocycles. The molecule has 1 aliphatic heterocycles. The topological polar surface area (TPSA) is 71.3 Å². The molecular formula is C16H21N3O2. The van der Waals surface area contributed by atoms with E-state index in [9.17, 15) is 4.79 Å². The lowest BCUT2D eigenvalue weighted by atomic mass is 10.1. The molecule has 3 N–H and O–H groups in total. The second kappa shape index (κ2) is 5.87. The molecule has 112 valence electrons. The van der Waals surface area contributed by atoms with Crippen LogP contribution in [0.5, 0.6) is 5.75 Å². The number of hydrogen-bond donors (Lipinski definition) is 2. The summed E-state index contributed by atoms with van der Waals surface area (Å²) < 4.78 is 5.18. The summed E-state index contributed by atoms with van der Waals surface area (Å²) >= 11 is 0. The van der Waals surface area contributed by atoms with Gasteiger partial charge in [0.05, 0.1) is 12.6 Å². The molecule has 1 fully saturated rings. The van der Waals surface area contributed by atoms with Gasteiger partial charge in [0.15, 0.2) is 0 Å². The molecule has 0 amide bonds.